The van der Waals surface area contributed by atoms with Crippen LogP contribution < -0.4 is 4.74 Å². The van der Waals surface area contributed by atoms with E-state index in [-0.39, 0.29) is 11.7 Å². The van der Waals surface area contributed by atoms with E-state index in [9.17, 15) is 4.39 Å². The molecule has 1 aromatic carbocycles. The second kappa shape index (κ2) is 5.21. The number of ether oxygens (including phenoxy) is 1. The van der Waals surface area contributed by atoms with Crippen molar-refractivity contribution in [1.29, 1.82) is 5.26 Å². The van der Waals surface area contributed by atoms with Crippen molar-refractivity contribution in [1.82, 2.24) is 15.2 Å². The second-order valence-electron chi connectivity index (χ2n) is 4.33. The van der Waals surface area contributed by atoms with Crippen molar-refractivity contribution in [2.24, 2.45) is 0 Å². The zero-order valence-electron chi connectivity index (χ0n) is 11.2. The number of pyridine rings is 1. The molecule has 0 aliphatic rings. The molecule has 0 amide bonds. The number of rotatable bonds is 3. The highest BCUT2D eigenvalue weighted by atomic mass is 19.1. The number of hydrogen-bond donors (Lipinski definition) is 1. The van der Waals surface area contributed by atoms with Crippen molar-refractivity contribution >= 4 is 11.0 Å². The van der Waals surface area contributed by atoms with Crippen LogP contribution in [-0.2, 0) is 0 Å². The Hall–Kier alpha value is -2.94. The zero-order valence-corrected chi connectivity index (χ0v) is 11.2. The average Bonchev–Trinajstić information content (AvgIpc) is 2.90. The number of nitrogens with one attached hydrogen (secondary N) is 1. The Morgan fingerprint density at radius 3 is 2.90 bits per heavy atom. The predicted molar refractivity (Wildman–Crippen MR) is 75.2 cm³/mol. The van der Waals surface area contributed by atoms with E-state index >= 15 is 0 Å². The molecule has 0 spiro atoms. The minimum atomic E-state index is -0.380. The summed E-state index contributed by atoms with van der Waals surface area (Å²) in [5.41, 5.74) is 2.10. The molecule has 5 nitrogen and oxygen atoms in total. The number of hydrogen-bond acceptors (Lipinski definition) is 4. The fraction of sp³-hybridized carbons (Fsp3) is 0.133. The molecule has 6 heteroatoms. The van der Waals surface area contributed by atoms with Gasteiger partial charge in [0.1, 0.15) is 28.7 Å². The quantitative estimate of drug-likeness (QED) is 0.801. The van der Waals surface area contributed by atoms with Gasteiger partial charge >= 0.3 is 0 Å². The lowest BCUT2D eigenvalue weighted by Gasteiger charge is -2.04. The lowest BCUT2D eigenvalue weighted by Crippen LogP contribution is -1.98. The maximum atomic E-state index is 13.9. The first-order valence-electron chi connectivity index (χ1n) is 6.41. The van der Waals surface area contributed by atoms with Crippen molar-refractivity contribution in [3.63, 3.8) is 0 Å². The van der Waals surface area contributed by atoms with Gasteiger partial charge in [-0.1, -0.05) is 12.1 Å². The molecule has 0 aliphatic heterocycles. The van der Waals surface area contributed by atoms with E-state index in [4.69, 9.17) is 10.00 Å². The number of halogens is 1. The molecular formula is C15H11FN4O. The molecule has 0 radical (unpaired) electrons. The topological polar surface area (TPSA) is 74.6 Å². The van der Waals surface area contributed by atoms with Gasteiger partial charge in [0.05, 0.1) is 12.1 Å². The number of aromatic nitrogens is 3. The first-order valence-corrected chi connectivity index (χ1v) is 6.41. The lowest BCUT2D eigenvalue weighted by molar-refractivity contribution is 0.327. The van der Waals surface area contributed by atoms with Crippen LogP contribution in [0.4, 0.5) is 4.39 Å². The zero-order chi connectivity index (χ0) is 14.8. The maximum absolute atomic E-state index is 13.9. The van der Waals surface area contributed by atoms with Gasteiger partial charge in [-0.15, -0.1) is 0 Å². The van der Waals surface area contributed by atoms with Gasteiger partial charge in [0.2, 0.25) is 5.88 Å². The number of fused-ring (bicyclic) bond motifs is 1. The summed E-state index contributed by atoms with van der Waals surface area (Å²) < 4.78 is 19.3. The third-order valence-corrected chi connectivity index (χ3v) is 3.03. The molecule has 3 rings (SSSR count). The normalized spacial score (nSPS) is 10.5. The van der Waals surface area contributed by atoms with E-state index in [2.05, 4.69) is 15.2 Å². The van der Waals surface area contributed by atoms with Gasteiger partial charge in [0.15, 0.2) is 0 Å². The van der Waals surface area contributed by atoms with Gasteiger partial charge in [-0.2, -0.15) is 10.4 Å². The van der Waals surface area contributed by atoms with Crippen LogP contribution in [0.1, 0.15) is 12.5 Å². The molecule has 0 saturated carbocycles. The highest BCUT2D eigenvalue weighted by Gasteiger charge is 2.16. The number of benzene rings is 1. The third-order valence-electron chi connectivity index (χ3n) is 3.03. The lowest BCUT2D eigenvalue weighted by atomic mass is 10.1. The van der Waals surface area contributed by atoms with Crippen molar-refractivity contribution in [3.05, 3.63) is 41.7 Å². The molecule has 0 saturated heterocycles. The molecule has 3 aromatic rings. The summed E-state index contributed by atoms with van der Waals surface area (Å²) in [7, 11) is 0. The van der Waals surface area contributed by atoms with Crippen LogP contribution in [0.25, 0.3) is 22.3 Å². The molecule has 2 heterocycles. The van der Waals surface area contributed by atoms with Gasteiger partial charge in [-0.3, -0.25) is 5.10 Å². The van der Waals surface area contributed by atoms with E-state index in [1.807, 2.05) is 6.07 Å². The van der Waals surface area contributed by atoms with Gasteiger partial charge in [0, 0.05) is 5.56 Å². The second-order valence-corrected chi connectivity index (χ2v) is 4.33. The van der Waals surface area contributed by atoms with Crippen LogP contribution in [0.15, 0.2) is 30.3 Å². The van der Waals surface area contributed by atoms with Gasteiger partial charge in [-0.25, -0.2) is 9.37 Å². The van der Waals surface area contributed by atoms with Crippen molar-refractivity contribution in [2.45, 2.75) is 6.92 Å². The largest absolute Gasteiger partial charge is 0.477 e. The summed E-state index contributed by atoms with van der Waals surface area (Å²) in [6.45, 7) is 2.19. The SMILES string of the molecule is CCOc1nc2c(-c3ccccc3F)n[nH]c2cc1C#N. The van der Waals surface area contributed by atoms with Crippen LogP contribution in [-0.4, -0.2) is 21.8 Å². The first-order chi connectivity index (χ1) is 10.2. The molecular weight excluding hydrogens is 271 g/mol. The fourth-order valence-electron chi connectivity index (χ4n) is 2.10. The van der Waals surface area contributed by atoms with E-state index in [0.29, 0.717) is 34.5 Å². The third kappa shape index (κ3) is 2.19. The summed E-state index contributed by atoms with van der Waals surface area (Å²) in [6, 6.07) is 9.96. The number of H-pyrrole nitrogens is 1. The Bertz CT molecular complexity index is 850. The molecule has 104 valence electrons. The van der Waals surface area contributed by atoms with Gasteiger partial charge < -0.3 is 4.74 Å². The van der Waals surface area contributed by atoms with E-state index in [1.165, 1.54) is 6.07 Å². The van der Waals surface area contributed by atoms with Gasteiger partial charge in [-0.05, 0) is 25.1 Å². The molecule has 0 atom stereocenters. The molecule has 0 bridgehead atoms. The Balaban J connectivity index is 2.25. The van der Waals surface area contributed by atoms with Crippen LogP contribution in [0.3, 0.4) is 0 Å². The smallest absolute Gasteiger partial charge is 0.232 e. The summed E-state index contributed by atoms with van der Waals surface area (Å²) in [6.07, 6.45) is 0. The summed E-state index contributed by atoms with van der Waals surface area (Å²) in [5, 5.41) is 16.0. The van der Waals surface area contributed by atoms with Crippen molar-refractivity contribution in [3.8, 4) is 23.2 Å². The Kier molecular flexibility index (Phi) is 3.24. The minimum absolute atomic E-state index is 0.228. The summed E-state index contributed by atoms with van der Waals surface area (Å²) in [4.78, 5) is 4.31. The van der Waals surface area contributed by atoms with Crippen LogP contribution in [0, 0.1) is 17.1 Å². The predicted octanol–water partition coefficient (Wildman–Crippen LogP) is 3.03. The Morgan fingerprint density at radius 2 is 2.19 bits per heavy atom. The Morgan fingerprint density at radius 1 is 1.38 bits per heavy atom. The molecule has 2 aromatic heterocycles. The average molecular weight is 282 g/mol. The van der Waals surface area contributed by atoms with Gasteiger partial charge in [0.25, 0.3) is 0 Å². The number of nitriles is 1. The van der Waals surface area contributed by atoms with E-state index in [1.54, 1.807) is 31.2 Å². The van der Waals surface area contributed by atoms with E-state index < -0.39 is 0 Å². The highest BCUT2D eigenvalue weighted by Crippen LogP contribution is 2.29. The fourth-order valence-corrected chi connectivity index (χ4v) is 2.10. The highest BCUT2D eigenvalue weighted by molar-refractivity contribution is 5.90. The minimum Gasteiger partial charge on any atom is -0.477 e. The molecule has 0 unspecified atom stereocenters. The molecule has 0 aliphatic carbocycles. The number of aromatic amines is 1. The van der Waals surface area contributed by atoms with Crippen LogP contribution in [0.2, 0.25) is 0 Å². The van der Waals surface area contributed by atoms with Crippen molar-refractivity contribution < 1.29 is 9.13 Å². The Labute approximate surface area is 120 Å². The van der Waals surface area contributed by atoms with Crippen LogP contribution >= 0.6 is 0 Å². The standard InChI is InChI=1S/C15H11FN4O/c1-2-21-15-9(8-17)7-12-14(18-15)13(20-19-12)10-5-3-4-6-11(10)16/h3-7H,2H2,1H3,(H,19,20). The molecule has 0 fully saturated rings. The first kappa shape index (κ1) is 13.1. The van der Waals surface area contributed by atoms with Crippen molar-refractivity contribution in [2.75, 3.05) is 6.61 Å². The maximum Gasteiger partial charge on any atom is 0.232 e. The number of nitrogens with zero attached hydrogens (tertiary/aromatic N) is 3. The van der Waals surface area contributed by atoms with Crippen LogP contribution in [0.5, 0.6) is 5.88 Å². The summed E-state index contributed by atoms with van der Waals surface area (Å²) in [5.74, 6) is -0.151. The summed E-state index contributed by atoms with van der Waals surface area (Å²) >= 11 is 0. The molecule has 1 N–H and O–H groups in total. The molecule has 21 heavy (non-hydrogen) atoms. The van der Waals surface area contributed by atoms with E-state index in [0.717, 1.165) is 0 Å². The monoisotopic (exact) mass is 282 g/mol.